The van der Waals surface area contributed by atoms with E-state index in [2.05, 4.69) is 13.8 Å². The van der Waals surface area contributed by atoms with Gasteiger partial charge in [0, 0.05) is 5.02 Å². The van der Waals surface area contributed by atoms with Crippen molar-refractivity contribution in [1.82, 2.24) is 0 Å². The predicted molar refractivity (Wildman–Crippen MR) is 90.8 cm³/mol. The minimum absolute atomic E-state index is 0.801. The van der Waals surface area contributed by atoms with Crippen LogP contribution in [-0.2, 0) is 0 Å². The van der Waals surface area contributed by atoms with E-state index in [1.807, 2.05) is 72.7 Å². The molecule has 1 heteroatoms. The number of rotatable bonds is 1. The van der Waals surface area contributed by atoms with Gasteiger partial charge in [0.1, 0.15) is 0 Å². The van der Waals surface area contributed by atoms with Crippen molar-refractivity contribution in [1.29, 1.82) is 0 Å². The van der Waals surface area contributed by atoms with E-state index in [1.54, 1.807) is 0 Å². The van der Waals surface area contributed by atoms with Crippen LogP contribution in [0.2, 0.25) is 5.02 Å². The lowest BCUT2D eigenvalue weighted by Crippen LogP contribution is -1.66. The number of benzene rings is 1. The first-order valence-electron chi connectivity index (χ1n) is 7.42. The molecule has 0 aliphatic heterocycles. The molecule has 1 aromatic rings. The van der Waals surface area contributed by atoms with Crippen LogP contribution in [0.25, 0.3) is 0 Å². The zero-order valence-electron chi connectivity index (χ0n) is 14.1. The number of hydrogen-bond acceptors (Lipinski definition) is 0. The molecule has 1 aromatic carbocycles. The molecular formula is C17H35Cl. The summed E-state index contributed by atoms with van der Waals surface area (Å²) in [7, 11) is 0. The largest absolute Gasteiger partial charge is 0.0843 e. The van der Waals surface area contributed by atoms with Crippen LogP contribution in [0.1, 0.15) is 73.8 Å². The van der Waals surface area contributed by atoms with E-state index >= 15 is 0 Å². The molecule has 0 aliphatic rings. The standard InChI is InChI=1S/C7H7Cl.C4H10.3C2H6/c1-6-2-4-7(8)5-3-6;1-3-4-2;3*1-2/h2-5H,1H3;3-4H2,1-2H3;3*1-2H3. The Kier molecular flexibility index (Phi) is 43.6. The van der Waals surface area contributed by atoms with Gasteiger partial charge in [0.2, 0.25) is 0 Å². The van der Waals surface area contributed by atoms with E-state index in [1.165, 1.54) is 18.4 Å². The molecule has 0 bridgehead atoms. The number of hydrogen-bond donors (Lipinski definition) is 0. The van der Waals surface area contributed by atoms with Crippen LogP contribution in [0, 0.1) is 6.92 Å². The van der Waals surface area contributed by atoms with Gasteiger partial charge < -0.3 is 0 Å². The molecule has 0 radical (unpaired) electrons. The minimum Gasteiger partial charge on any atom is -0.0843 e. The molecule has 0 heterocycles. The summed E-state index contributed by atoms with van der Waals surface area (Å²) < 4.78 is 0. The second-order valence-corrected chi connectivity index (χ2v) is 3.23. The van der Waals surface area contributed by atoms with Crippen LogP contribution in [0.15, 0.2) is 24.3 Å². The van der Waals surface area contributed by atoms with E-state index in [4.69, 9.17) is 11.6 Å². The number of aryl methyl sites for hydroxylation is 1. The lowest BCUT2D eigenvalue weighted by Gasteiger charge is -1.88. The van der Waals surface area contributed by atoms with Crippen LogP contribution >= 0.6 is 11.6 Å². The van der Waals surface area contributed by atoms with E-state index in [0.29, 0.717) is 0 Å². The molecule has 18 heavy (non-hydrogen) atoms. The van der Waals surface area contributed by atoms with Gasteiger partial charge in [0.25, 0.3) is 0 Å². The monoisotopic (exact) mass is 274 g/mol. The quantitative estimate of drug-likeness (QED) is 0.496. The Labute approximate surface area is 122 Å². The van der Waals surface area contributed by atoms with Crippen molar-refractivity contribution in [2.45, 2.75) is 75.2 Å². The van der Waals surface area contributed by atoms with Crippen molar-refractivity contribution < 1.29 is 0 Å². The topological polar surface area (TPSA) is 0 Å². The molecule has 0 amide bonds. The fourth-order valence-electron chi connectivity index (χ4n) is 0.533. The van der Waals surface area contributed by atoms with Gasteiger partial charge in [-0.25, -0.2) is 0 Å². The number of halogens is 1. The average molecular weight is 275 g/mol. The molecule has 0 aliphatic carbocycles. The second kappa shape index (κ2) is 30.0. The van der Waals surface area contributed by atoms with Gasteiger partial charge in [0.15, 0.2) is 0 Å². The van der Waals surface area contributed by atoms with Gasteiger partial charge in [-0.05, 0) is 19.1 Å². The van der Waals surface area contributed by atoms with E-state index in [0.717, 1.165) is 5.02 Å². The third-order valence-electron chi connectivity index (χ3n) is 1.51. The van der Waals surface area contributed by atoms with Gasteiger partial charge >= 0.3 is 0 Å². The first-order valence-corrected chi connectivity index (χ1v) is 7.80. The molecule has 0 saturated heterocycles. The summed E-state index contributed by atoms with van der Waals surface area (Å²) in [4.78, 5) is 0. The maximum absolute atomic E-state index is 5.61. The highest BCUT2D eigenvalue weighted by atomic mass is 35.5. The summed E-state index contributed by atoms with van der Waals surface area (Å²) in [5, 5.41) is 0.801. The second-order valence-electron chi connectivity index (χ2n) is 2.80. The number of unbranched alkanes of at least 4 members (excludes halogenated alkanes) is 1. The summed E-state index contributed by atoms with van der Waals surface area (Å²) >= 11 is 5.61. The predicted octanol–water partition coefficient (Wildman–Crippen LogP) is 7.53. The molecule has 0 spiro atoms. The molecule has 0 saturated carbocycles. The summed E-state index contributed by atoms with van der Waals surface area (Å²) in [5.74, 6) is 0. The van der Waals surface area contributed by atoms with E-state index in [-0.39, 0.29) is 0 Å². The van der Waals surface area contributed by atoms with Crippen molar-refractivity contribution in [2.24, 2.45) is 0 Å². The van der Waals surface area contributed by atoms with Crippen molar-refractivity contribution >= 4 is 11.6 Å². The van der Waals surface area contributed by atoms with Gasteiger partial charge in [-0.1, -0.05) is 97.5 Å². The fraction of sp³-hybridized carbons (Fsp3) is 0.647. The van der Waals surface area contributed by atoms with Crippen LogP contribution in [0.4, 0.5) is 0 Å². The summed E-state index contributed by atoms with van der Waals surface area (Å²) in [6.45, 7) is 18.4. The normalized spacial score (nSPS) is 6.78. The first-order chi connectivity index (χ1) is 8.70. The third-order valence-corrected chi connectivity index (χ3v) is 1.76. The van der Waals surface area contributed by atoms with Gasteiger partial charge in [-0.15, -0.1) is 0 Å². The Morgan fingerprint density at radius 3 is 1.17 bits per heavy atom. The van der Waals surface area contributed by atoms with Gasteiger partial charge in [-0.3, -0.25) is 0 Å². The molecular weight excluding hydrogens is 240 g/mol. The molecule has 0 unspecified atom stereocenters. The van der Waals surface area contributed by atoms with Crippen LogP contribution in [-0.4, -0.2) is 0 Å². The minimum atomic E-state index is 0.801. The van der Waals surface area contributed by atoms with Crippen molar-refractivity contribution in [3.63, 3.8) is 0 Å². The Hall–Kier alpha value is -0.490. The summed E-state index contributed by atoms with van der Waals surface area (Å²) in [6, 6.07) is 7.75. The third kappa shape index (κ3) is 29.6. The smallest absolute Gasteiger partial charge is 0.0406 e. The maximum Gasteiger partial charge on any atom is 0.0406 e. The molecule has 1 rings (SSSR count). The summed E-state index contributed by atoms with van der Waals surface area (Å²) in [5.41, 5.74) is 1.24. The Morgan fingerprint density at radius 1 is 0.722 bits per heavy atom. The lowest BCUT2D eigenvalue weighted by molar-refractivity contribution is 0.886. The highest BCUT2D eigenvalue weighted by Crippen LogP contribution is 2.07. The van der Waals surface area contributed by atoms with Gasteiger partial charge in [-0.2, -0.15) is 0 Å². The Bertz CT molecular complexity index is 166. The zero-order valence-corrected chi connectivity index (χ0v) is 14.9. The van der Waals surface area contributed by atoms with Crippen molar-refractivity contribution in [3.8, 4) is 0 Å². The molecule has 0 nitrogen and oxygen atoms in total. The zero-order chi connectivity index (χ0) is 15.4. The lowest BCUT2D eigenvalue weighted by atomic mass is 10.2. The first kappa shape index (κ1) is 26.1. The Morgan fingerprint density at radius 2 is 1.00 bits per heavy atom. The van der Waals surface area contributed by atoms with E-state index < -0.39 is 0 Å². The highest BCUT2D eigenvalue weighted by Gasteiger charge is 1.81. The molecule has 0 atom stereocenters. The molecule has 0 aromatic heterocycles. The van der Waals surface area contributed by atoms with Gasteiger partial charge in [0.05, 0.1) is 0 Å². The van der Waals surface area contributed by atoms with Crippen LogP contribution < -0.4 is 0 Å². The molecule has 0 N–H and O–H groups in total. The SMILES string of the molecule is CC.CC.CC.CCCC.Cc1ccc(Cl)cc1. The van der Waals surface area contributed by atoms with Crippen molar-refractivity contribution in [2.75, 3.05) is 0 Å². The maximum atomic E-state index is 5.61. The Balaban J connectivity index is -0.0000000841. The fourth-order valence-corrected chi connectivity index (χ4v) is 0.659. The van der Waals surface area contributed by atoms with Crippen LogP contribution in [0.5, 0.6) is 0 Å². The molecule has 0 fully saturated rings. The summed E-state index contributed by atoms with van der Waals surface area (Å²) in [6.07, 6.45) is 2.64. The van der Waals surface area contributed by atoms with Crippen LogP contribution in [0.3, 0.4) is 0 Å². The average Bonchev–Trinajstić information content (AvgIpc) is 2.49. The van der Waals surface area contributed by atoms with Crippen molar-refractivity contribution in [3.05, 3.63) is 34.9 Å². The molecule has 110 valence electrons. The van der Waals surface area contributed by atoms with E-state index in [9.17, 15) is 0 Å². The highest BCUT2D eigenvalue weighted by molar-refractivity contribution is 6.30.